The van der Waals surface area contributed by atoms with Gasteiger partial charge >= 0.3 is 6.01 Å². The molecule has 1 fully saturated rings. The van der Waals surface area contributed by atoms with Crippen LogP contribution in [0, 0.1) is 0 Å². The molecular weight excluding hydrogens is 416 g/mol. The summed E-state index contributed by atoms with van der Waals surface area (Å²) < 4.78 is 5.62. The summed E-state index contributed by atoms with van der Waals surface area (Å²) in [7, 11) is 0. The number of carbonyl (C=O) groups excluding carboxylic acids is 1. The summed E-state index contributed by atoms with van der Waals surface area (Å²) in [6.45, 7) is 1.77. The summed E-state index contributed by atoms with van der Waals surface area (Å²) in [5.74, 6) is 1.28. The Labute approximate surface area is 185 Å². The number of nitrogens with zero attached hydrogens (tertiary/aromatic N) is 5. The summed E-state index contributed by atoms with van der Waals surface area (Å²) in [4.78, 5) is 30.0. The Balaban J connectivity index is 1.38. The van der Waals surface area contributed by atoms with Crippen molar-refractivity contribution in [2.45, 2.75) is 18.9 Å². The number of carbonyl (C=O) groups is 1. The van der Waals surface area contributed by atoms with Crippen LogP contribution in [0.2, 0.25) is 5.02 Å². The van der Waals surface area contributed by atoms with Crippen LogP contribution in [0.3, 0.4) is 0 Å². The number of rotatable bonds is 7. The number of halogens is 1. The van der Waals surface area contributed by atoms with Crippen molar-refractivity contribution >= 4 is 23.7 Å². The van der Waals surface area contributed by atoms with Crippen LogP contribution in [-0.4, -0.2) is 50.3 Å². The van der Waals surface area contributed by atoms with Crippen molar-refractivity contribution in [1.29, 1.82) is 0 Å². The normalized spacial score (nSPS) is 14.5. The molecule has 0 radical (unpaired) electrons. The molecule has 1 N–H and O–H groups in total. The van der Waals surface area contributed by atoms with Crippen molar-refractivity contribution in [2.24, 2.45) is 0 Å². The summed E-state index contributed by atoms with van der Waals surface area (Å²) in [6.07, 6.45) is 12.7. The van der Waals surface area contributed by atoms with Crippen molar-refractivity contribution in [1.82, 2.24) is 24.8 Å². The van der Waals surface area contributed by atoms with E-state index in [4.69, 9.17) is 16.3 Å². The minimum Gasteiger partial charge on any atom is -0.424 e. The lowest BCUT2D eigenvalue weighted by atomic mass is 10.1. The highest BCUT2D eigenvalue weighted by molar-refractivity contribution is 6.30. The average Bonchev–Trinajstić information content (AvgIpc) is 2.79. The number of ether oxygens (including phenoxy) is 1. The molecule has 0 bridgehead atoms. The van der Waals surface area contributed by atoms with Gasteiger partial charge in [-0.3, -0.25) is 9.78 Å². The van der Waals surface area contributed by atoms with Crippen LogP contribution in [0.1, 0.15) is 12.8 Å². The molecule has 0 amide bonds. The highest BCUT2D eigenvalue weighted by Gasteiger charge is 2.17. The van der Waals surface area contributed by atoms with Gasteiger partial charge in [-0.2, -0.15) is 0 Å². The van der Waals surface area contributed by atoms with Gasteiger partial charge in [-0.1, -0.05) is 17.7 Å². The van der Waals surface area contributed by atoms with E-state index in [0.29, 0.717) is 28.3 Å². The van der Waals surface area contributed by atoms with Gasteiger partial charge in [0.2, 0.25) is 0 Å². The zero-order chi connectivity index (χ0) is 21.5. The lowest BCUT2D eigenvalue weighted by molar-refractivity contribution is -0.104. The lowest BCUT2D eigenvalue weighted by Gasteiger charge is -2.31. The number of hydrogen-bond donors (Lipinski definition) is 1. The number of anilines is 1. The molecule has 9 heteroatoms. The SMILES string of the molecule is O=CC=CN1CCC(Nc2cncc(-c3cnc(Oc4cccc(Cl)c4)nc3)n2)CC1. The van der Waals surface area contributed by atoms with Crippen molar-refractivity contribution in [2.75, 3.05) is 18.4 Å². The lowest BCUT2D eigenvalue weighted by Crippen LogP contribution is -2.36. The second-order valence-corrected chi connectivity index (χ2v) is 7.47. The van der Waals surface area contributed by atoms with Gasteiger partial charge < -0.3 is 15.0 Å². The Bertz CT molecular complexity index is 1050. The van der Waals surface area contributed by atoms with E-state index in [1.54, 1.807) is 49.1 Å². The highest BCUT2D eigenvalue weighted by atomic mass is 35.5. The van der Waals surface area contributed by atoms with Gasteiger partial charge in [0.1, 0.15) is 17.9 Å². The van der Waals surface area contributed by atoms with Gasteiger partial charge in [-0.15, -0.1) is 0 Å². The van der Waals surface area contributed by atoms with E-state index >= 15 is 0 Å². The summed E-state index contributed by atoms with van der Waals surface area (Å²) in [6, 6.07) is 7.58. The molecule has 0 atom stereocenters. The minimum atomic E-state index is 0.226. The Hall–Kier alpha value is -3.52. The largest absolute Gasteiger partial charge is 0.424 e. The fourth-order valence-electron chi connectivity index (χ4n) is 3.27. The van der Waals surface area contributed by atoms with Gasteiger partial charge in [-0.05, 0) is 37.1 Å². The first-order chi connectivity index (χ1) is 15.2. The molecule has 3 aromatic rings. The zero-order valence-electron chi connectivity index (χ0n) is 16.7. The Morgan fingerprint density at radius 3 is 2.68 bits per heavy atom. The molecule has 0 aliphatic carbocycles. The number of benzene rings is 1. The third-order valence-electron chi connectivity index (χ3n) is 4.82. The molecule has 31 heavy (non-hydrogen) atoms. The van der Waals surface area contributed by atoms with Gasteiger partial charge in [-0.25, -0.2) is 15.0 Å². The predicted molar refractivity (Wildman–Crippen MR) is 118 cm³/mol. The maximum Gasteiger partial charge on any atom is 0.321 e. The quantitative estimate of drug-likeness (QED) is 0.439. The molecule has 1 aliphatic heterocycles. The number of likely N-dealkylation sites (tertiary alicyclic amines) is 1. The molecule has 3 heterocycles. The minimum absolute atomic E-state index is 0.226. The van der Waals surface area contributed by atoms with Crippen LogP contribution in [0.25, 0.3) is 11.3 Å². The fourth-order valence-corrected chi connectivity index (χ4v) is 3.45. The monoisotopic (exact) mass is 436 g/mol. The first-order valence-electron chi connectivity index (χ1n) is 9.90. The van der Waals surface area contributed by atoms with Crippen LogP contribution in [0.15, 0.2) is 61.3 Å². The van der Waals surface area contributed by atoms with E-state index in [2.05, 4.69) is 30.2 Å². The van der Waals surface area contributed by atoms with Crippen LogP contribution in [0.5, 0.6) is 11.8 Å². The number of allylic oxidation sites excluding steroid dienone is 1. The molecule has 2 aromatic heterocycles. The van der Waals surface area contributed by atoms with E-state index in [1.165, 1.54) is 6.08 Å². The number of hydrogen-bond acceptors (Lipinski definition) is 8. The molecule has 1 aromatic carbocycles. The third kappa shape index (κ3) is 5.76. The molecule has 4 rings (SSSR count). The summed E-state index contributed by atoms with van der Waals surface area (Å²) in [5.41, 5.74) is 1.41. The first kappa shape index (κ1) is 20.7. The molecule has 0 spiro atoms. The van der Waals surface area contributed by atoms with Crippen LogP contribution >= 0.6 is 11.6 Å². The molecular formula is C22H21ClN6O2. The maximum atomic E-state index is 10.5. The topological polar surface area (TPSA) is 93.1 Å². The Morgan fingerprint density at radius 2 is 1.94 bits per heavy atom. The maximum absolute atomic E-state index is 10.5. The number of piperidine rings is 1. The van der Waals surface area contributed by atoms with E-state index in [1.807, 2.05) is 6.20 Å². The second kappa shape index (κ2) is 9.99. The third-order valence-corrected chi connectivity index (χ3v) is 5.06. The van der Waals surface area contributed by atoms with Crippen molar-refractivity contribution in [3.63, 3.8) is 0 Å². The van der Waals surface area contributed by atoms with Crippen molar-refractivity contribution in [3.8, 4) is 23.0 Å². The summed E-state index contributed by atoms with van der Waals surface area (Å²) >= 11 is 5.97. The molecule has 8 nitrogen and oxygen atoms in total. The Morgan fingerprint density at radius 1 is 1.13 bits per heavy atom. The van der Waals surface area contributed by atoms with E-state index in [0.717, 1.165) is 37.8 Å². The van der Waals surface area contributed by atoms with Crippen molar-refractivity contribution < 1.29 is 9.53 Å². The summed E-state index contributed by atoms with van der Waals surface area (Å²) in [5, 5.41) is 4.03. The number of aromatic nitrogens is 4. The fraction of sp³-hybridized carbons (Fsp3) is 0.227. The van der Waals surface area contributed by atoms with Crippen LogP contribution in [-0.2, 0) is 4.79 Å². The van der Waals surface area contributed by atoms with Gasteiger partial charge in [0.25, 0.3) is 0 Å². The molecule has 1 aliphatic rings. The van der Waals surface area contributed by atoms with Crippen LogP contribution in [0.4, 0.5) is 5.82 Å². The van der Waals surface area contributed by atoms with E-state index in [-0.39, 0.29) is 6.01 Å². The smallest absolute Gasteiger partial charge is 0.321 e. The predicted octanol–water partition coefficient (Wildman–Crippen LogP) is 3.97. The van der Waals surface area contributed by atoms with Crippen LogP contribution < -0.4 is 10.1 Å². The zero-order valence-corrected chi connectivity index (χ0v) is 17.4. The van der Waals surface area contributed by atoms with E-state index in [9.17, 15) is 4.79 Å². The molecule has 0 unspecified atom stereocenters. The van der Waals surface area contributed by atoms with Gasteiger partial charge in [0, 0.05) is 48.3 Å². The second-order valence-electron chi connectivity index (χ2n) is 7.04. The average molecular weight is 437 g/mol. The van der Waals surface area contributed by atoms with Gasteiger partial charge in [0.15, 0.2) is 0 Å². The highest BCUT2D eigenvalue weighted by Crippen LogP contribution is 2.23. The first-order valence-corrected chi connectivity index (χ1v) is 10.3. The molecule has 158 valence electrons. The molecule has 1 saturated heterocycles. The Kier molecular flexibility index (Phi) is 6.68. The standard InChI is InChI=1S/C22H21ClN6O2/c23-17-3-1-4-19(11-17)31-22-25-12-16(13-26-22)20-14-24-15-21(28-20)27-18-5-8-29(9-6-18)7-2-10-30/h1-4,7,10-15,18H,5-6,8-9H2,(H,27,28). The van der Waals surface area contributed by atoms with E-state index < -0.39 is 0 Å². The number of aldehydes is 1. The number of nitrogens with one attached hydrogen (secondary N) is 1. The van der Waals surface area contributed by atoms with Crippen molar-refractivity contribution in [3.05, 3.63) is 66.4 Å². The molecule has 0 saturated carbocycles. The van der Waals surface area contributed by atoms with Gasteiger partial charge in [0.05, 0.1) is 18.1 Å².